The molecular weight excluding hydrogens is 348 g/mol. The minimum absolute atomic E-state index is 0.0999. The van der Waals surface area contributed by atoms with Crippen LogP contribution < -0.4 is 0 Å². The van der Waals surface area contributed by atoms with Gasteiger partial charge in [0.2, 0.25) is 0 Å². The quantitative estimate of drug-likeness (QED) is 0.837. The third kappa shape index (κ3) is 3.89. The highest BCUT2D eigenvalue weighted by Gasteiger charge is 2.46. The minimum atomic E-state index is -0.992. The van der Waals surface area contributed by atoms with Gasteiger partial charge in [0, 0.05) is 5.56 Å². The lowest BCUT2D eigenvalue weighted by atomic mass is 9.98. The van der Waals surface area contributed by atoms with Gasteiger partial charge in [-0.15, -0.1) is 0 Å². The smallest absolute Gasteiger partial charge is 0.338 e. The van der Waals surface area contributed by atoms with Crippen LogP contribution in [0.5, 0.6) is 0 Å². The first kappa shape index (κ1) is 18.1. The molecule has 6 heteroatoms. The summed E-state index contributed by atoms with van der Waals surface area (Å²) in [6.45, 7) is 2.35. The molecule has 0 unspecified atom stereocenters. The summed E-state index contributed by atoms with van der Waals surface area (Å²) < 4.78 is 22.8. The fraction of sp³-hybridized carbons (Fsp3) is 0.381. The molecule has 2 heterocycles. The molecule has 2 aromatic rings. The van der Waals surface area contributed by atoms with Crippen molar-refractivity contribution < 1.29 is 28.8 Å². The van der Waals surface area contributed by atoms with Crippen LogP contribution in [0.3, 0.4) is 0 Å². The number of hydrogen-bond donors (Lipinski definition) is 1. The fourth-order valence-electron chi connectivity index (χ4n) is 3.30. The molecule has 2 aliphatic heterocycles. The summed E-state index contributed by atoms with van der Waals surface area (Å²) in [5.41, 5.74) is 2.35. The average molecular weight is 370 g/mol. The van der Waals surface area contributed by atoms with E-state index in [0.29, 0.717) is 12.2 Å². The van der Waals surface area contributed by atoms with Crippen molar-refractivity contribution in [2.45, 2.75) is 37.6 Å². The molecule has 0 amide bonds. The molecule has 2 fully saturated rings. The van der Waals surface area contributed by atoms with E-state index in [9.17, 15) is 9.90 Å². The van der Waals surface area contributed by atoms with Crippen molar-refractivity contribution in [3.8, 4) is 0 Å². The molecule has 142 valence electrons. The summed E-state index contributed by atoms with van der Waals surface area (Å²) in [5, 5.41) is 10.7. The number of benzene rings is 2. The second-order valence-corrected chi connectivity index (χ2v) is 6.85. The zero-order valence-corrected chi connectivity index (χ0v) is 15.0. The summed E-state index contributed by atoms with van der Waals surface area (Å²) in [4.78, 5) is 12.4. The van der Waals surface area contributed by atoms with Gasteiger partial charge in [0.1, 0.15) is 18.3 Å². The summed E-state index contributed by atoms with van der Waals surface area (Å²) in [6, 6.07) is 16.6. The summed E-state index contributed by atoms with van der Waals surface area (Å²) in [7, 11) is 0. The highest BCUT2D eigenvalue weighted by Crippen LogP contribution is 2.33. The topological polar surface area (TPSA) is 74.2 Å². The van der Waals surface area contributed by atoms with Crippen molar-refractivity contribution in [3.05, 3.63) is 71.3 Å². The molecule has 6 nitrogen and oxygen atoms in total. The molecule has 27 heavy (non-hydrogen) atoms. The Kier molecular flexibility index (Phi) is 5.22. The zero-order valence-electron chi connectivity index (χ0n) is 15.0. The third-order valence-corrected chi connectivity index (χ3v) is 4.87. The summed E-state index contributed by atoms with van der Waals surface area (Å²) in [5.74, 6) is -0.493. The number of aliphatic hydroxyl groups is 1. The molecule has 4 rings (SSSR count). The molecule has 2 aliphatic rings. The summed E-state index contributed by atoms with van der Waals surface area (Å²) >= 11 is 0. The van der Waals surface area contributed by atoms with Crippen LogP contribution in [0.4, 0.5) is 0 Å². The number of carbonyl (C=O) groups excluding carboxylic acids is 1. The Morgan fingerprint density at radius 2 is 1.78 bits per heavy atom. The van der Waals surface area contributed by atoms with Crippen LogP contribution in [0.25, 0.3) is 0 Å². The van der Waals surface area contributed by atoms with E-state index >= 15 is 0 Å². The van der Waals surface area contributed by atoms with Crippen LogP contribution in [0.1, 0.15) is 27.8 Å². The Hall–Kier alpha value is -2.25. The molecule has 0 saturated carbocycles. The van der Waals surface area contributed by atoms with E-state index in [2.05, 4.69) is 0 Å². The molecule has 0 bridgehead atoms. The average Bonchev–Trinajstić information content (AvgIpc) is 2.71. The van der Waals surface area contributed by atoms with E-state index in [4.69, 9.17) is 18.9 Å². The molecule has 2 aromatic carbocycles. The molecule has 0 radical (unpaired) electrons. The number of hydrogen-bond acceptors (Lipinski definition) is 6. The maximum atomic E-state index is 12.4. The number of aliphatic hydroxyl groups excluding tert-OH is 1. The van der Waals surface area contributed by atoms with Gasteiger partial charge in [0.15, 0.2) is 12.4 Å². The molecule has 2 saturated heterocycles. The van der Waals surface area contributed by atoms with Crippen molar-refractivity contribution in [1.29, 1.82) is 0 Å². The lowest BCUT2D eigenvalue weighted by molar-refractivity contribution is -0.313. The predicted octanol–water partition coefficient (Wildman–Crippen LogP) is 2.39. The van der Waals surface area contributed by atoms with Crippen LogP contribution in [0, 0.1) is 6.92 Å². The van der Waals surface area contributed by atoms with Crippen LogP contribution in [0.2, 0.25) is 0 Å². The van der Waals surface area contributed by atoms with Gasteiger partial charge in [-0.05, 0) is 19.1 Å². The Morgan fingerprint density at radius 1 is 1.04 bits per heavy atom. The maximum absolute atomic E-state index is 12.4. The van der Waals surface area contributed by atoms with E-state index in [0.717, 1.165) is 11.1 Å². The van der Waals surface area contributed by atoms with Crippen LogP contribution >= 0.6 is 0 Å². The summed E-state index contributed by atoms with van der Waals surface area (Å²) in [6.07, 6.45) is -3.40. The Balaban J connectivity index is 1.43. The maximum Gasteiger partial charge on any atom is 0.338 e. The van der Waals surface area contributed by atoms with E-state index in [-0.39, 0.29) is 6.61 Å². The van der Waals surface area contributed by atoms with E-state index < -0.39 is 36.7 Å². The highest BCUT2D eigenvalue weighted by molar-refractivity contribution is 5.89. The van der Waals surface area contributed by atoms with Gasteiger partial charge in [-0.3, -0.25) is 0 Å². The molecule has 1 N–H and O–H groups in total. The van der Waals surface area contributed by atoms with Crippen molar-refractivity contribution in [3.63, 3.8) is 0 Å². The van der Waals surface area contributed by atoms with Crippen molar-refractivity contribution in [2.24, 2.45) is 0 Å². The monoisotopic (exact) mass is 370 g/mol. The second kappa shape index (κ2) is 7.78. The number of carbonyl (C=O) groups is 1. The Bertz CT molecular complexity index is 775. The number of ether oxygens (including phenoxy) is 4. The first-order chi connectivity index (χ1) is 13.1. The van der Waals surface area contributed by atoms with Crippen LogP contribution in [0.15, 0.2) is 54.6 Å². The van der Waals surface area contributed by atoms with Gasteiger partial charge in [-0.1, -0.05) is 48.0 Å². The molecule has 0 aromatic heterocycles. The van der Waals surface area contributed by atoms with Crippen molar-refractivity contribution in [2.75, 3.05) is 13.2 Å². The van der Waals surface area contributed by atoms with Gasteiger partial charge in [0.25, 0.3) is 0 Å². The van der Waals surface area contributed by atoms with E-state index in [1.807, 2.05) is 49.4 Å². The van der Waals surface area contributed by atoms with Gasteiger partial charge in [-0.2, -0.15) is 0 Å². The largest absolute Gasteiger partial charge is 0.453 e. The standard InChI is InChI=1S/C21H22O6/c1-13-7-9-14(10-8-13)20(23)26-16-11-24-17-12-25-21(27-19(17)18(16)22)15-5-3-2-4-6-15/h2-10,16-19,21-22H,11-12H2,1H3/t16-,17+,18+,19+,21-/m0/s1. The Labute approximate surface area is 157 Å². The van der Waals surface area contributed by atoms with Gasteiger partial charge >= 0.3 is 5.97 Å². The third-order valence-electron chi connectivity index (χ3n) is 4.87. The van der Waals surface area contributed by atoms with Crippen molar-refractivity contribution in [1.82, 2.24) is 0 Å². The highest BCUT2D eigenvalue weighted by atomic mass is 16.7. The number of fused-ring (bicyclic) bond motifs is 1. The minimum Gasteiger partial charge on any atom is -0.453 e. The number of esters is 1. The predicted molar refractivity (Wildman–Crippen MR) is 96.1 cm³/mol. The second-order valence-electron chi connectivity index (χ2n) is 6.85. The normalized spacial score (nSPS) is 30.4. The van der Waals surface area contributed by atoms with Crippen LogP contribution in [-0.2, 0) is 18.9 Å². The van der Waals surface area contributed by atoms with E-state index in [1.165, 1.54) is 0 Å². The van der Waals surface area contributed by atoms with Gasteiger partial charge < -0.3 is 24.1 Å². The number of aryl methyl sites for hydroxylation is 1. The zero-order chi connectivity index (χ0) is 18.8. The molecule has 0 spiro atoms. The SMILES string of the molecule is Cc1ccc(C(=O)O[C@H]2CO[C@@H]3CO[C@H](c4ccccc4)O[C@H]3[C@@H]2O)cc1. The van der Waals surface area contributed by atoms with Crippen molar-refractivity contribution >= 4 is 5.97 Å². The lowest BCUT2D eigenvalue weighted by Crippen LogP contribution is -2.59. The van der Waals surface area contributed by atoms with Gasteiger partial charge in [0.05, 0.1) is 18.8 Å². The molecule has 5 atom stereocenters. The number of rotatable bonds is 3. The lowest BCUT2D eigenvalue weighted by Gasteiger charge is -2.44. The van der Waals surface area contributed by atoms with Crippen LogP contribution in [-0.4, -0.2) is 48.7 Å². The van der Waals surface area contributed by atoms with E-state index in [1.54, 1.807) is 12.1 Å². The first-order valence-corrected chi connectivity index (χ1v) is 9.01. The fourth-order valence-corrected chi connectivity index (χ4v) is 3.30. The molecular formula is C21H22O6. The Morgan fingerprint density at radius 3 is 2.52 bits per heavy atom. The van der Waals surface area contributed by atoms with Gasteiger partial charge in [-0.25, -0.2) is 4.79 Å². The first-order valence-electron chi connectivity index (χ1n) is 9.01. The molecule has 0 aliphatic carbocycles.